The van der Waals surface area contributed by atoms with Gasteiger partial charge in [0.2, 0.25) is 0 Å². The number of aromatic amines is 2. The Hall–Kier alpha value is -2.94. The summed E-state index contributed by atoms with van der Waals surface area (Å²) in [4.78, 5) is 16.0. The Labute approximate surface area is 169 Å². The molecule has 5 rings (SSSR count). The van der Waals surface area contributed by atoms with Crippen LogP contribution in [0.5, 0.6) is 0 Å². The van der Waals surface area contributed by atoms with E-state index in [4.69, 9.17) is 15.7 Å². The van der Waals surface area contributed by atoms with Crippen molar-refractivity contribution >= 4 is 46.4 Å². The third-order valence-corrected chi connectivity index (χ3v) is 4.04. The Morgan fingerprint density at radius 3 is 1.00 bits per heavy atom. The van der Waals surface area contributed by atoms with E-state index in [1.54, 1.807) is 0 Å². The Balaban J connectivity index is 0.000000369. The summed E-state index contributed by atoms with van der Waals surface area (Å²) in [6.45, 7) is 0. The molecular formula is C20H18N4O4Zn. The van der Waals surface area contributed by atoms with Crippen LogP contribution in [0.15, 0.2) is 48.5 Å². The van der Waals surface area contributed by atoms with E-state index in [2.05, 4.69) is 44.2 Å². The van der Waals surface area contributed by atoms with Crippen molar-refractivity contribution in [3.8, 4) is 0 Å². The van der Waals surface area contributed by atoms with E-state index in [0.29, 0.717) is 0 Å². The molecule has 0 saturated carbocycles. The molecule has 0 atom stereocenters. The van der Waals surface area contributed by atoms with Crippen molar-refractivity contribution in [2.45, 2.75) is 0 Å². The normalized spacial score (nSPS) is 12.0. The van der Waals surface area contributed by atoms with Crippen LogP contribution in [0.1, 0.15) is 22.8 Å². The van der Waals surface area contributed by atoms with Crippen molar-refractivity contribution in [3.63, 3.8) is 0 Å². The van der Waals surface area contributed by atoms with Crippen molar-refractivity contribution in [1.29, 1.82) is 0 Å². The quantitative estimate of drug-likeness (QED) is 0.203. The van der Waals surface area contributed by atoms with Gasteiger partial charge in [-0.2, -0.15) is 0 Å². The first-order valence-corrected chi connectivity index (χ1v) is 14.4. The number of hydrogen-bond acceptors (Lipinski definition) is 6. The maximum absolute atomic E-state index is 7.41. The zero-order chi connectivity index (χ0) is 20.4. The molecule has 144 valence electrons. The average Bonchev–Trinajstić information content (AvgIpc) is 3.38. The summed E-state index contributed by atoms with van der Waals surface area (Å²) in [5.41, 5.74) is 7.86. The minimum atomic E-state index is -5.25. The number of aromatic nitrogens is 4. The van der Waals surface area contributed by atoms with Crippen molar-refractivity contribution in [1.82, 2.24) is 19.9 Å². The van der Waals surface area contributed by atoms with Gasteiger partial charge in [-0.25, -0.2) is 9.97 Å². The molecule has 0 saturated heterocycles. The molecule has 8 bridgehead atoms. The fraction of sp³-hybridized carbons (Fsp3) is 0. The van der Waals surface area contributed by atoms with Gasteiger partial charge in [-0.3, -0.25) is 0 Å². The van der Waals surface area contributed by atoms with Gasteiger partial charge in [-0.1, -0.05) is 0 Å². The number of fused-ring (bicyclic) bond motifs is 8. The molecule has 9 heteroatoms. The Kier molecular flexibility index (Phi) is 5.23. The summed E-state index contributed by atoms with van der Waals surface area (Å²) < 4.78 is 29.6. The van der Waals surface area contributed by atoms with E-state index in [1.807, 2.05) is 48.6 Å². The molecule has 8 nitrogen and oxygen atoms in total. The average molecular weight is 444 g/mol. The standard InChI is InChI=1S/C20H14N4.4H2O.Zn/c1-2-14-10-16-5-6-18(23-16)12-20-8-7-19(24-20)11-17-4-3-15(22-17)9-13(1)21-14;;;;;/h1-12,21,24H;4*1H2;/q;;;;;+4/p-4. The molecule has 2 aliphatic rings. The van der Waals surface area contributed by atoms with Crippen LogP contribution < -0.4 is 0 Å². The number of H-pyrrole nitrogens is 2. The van der Waals surface area contributed by atoms with Gasteiger partial charge < -0.3 is 9.97 Å². The third kappa shape index (κ3) is 5.54. The van der Waals surface area contributed by atoms with Gasteiger partial charge in [0.15, 0.2) is 0 Å². The van der Waals surface area contributed by atoms with Crippen LogP contribution >= 0.6 is 0 Å². The van der Waals surface area contributed by atoms with Crippen LogP contribution in [0.3, 0.4) is 0 Å². The molecule has 29 heavy (non-hydrogen) atoms. The van der Waals surface area contributed by atoms with Gasteiger partial charge in [0, 0.05) is 22.1 Å². The van der Waals surface area contributed by atoms with E-state index in [1.165, 1.54) is 0 Å². The molecular weight excluding hydrogens is 426 g/mol. The number of nitrogens with one attached hydrogen (secondary N) is 2. The summed E-state index contributed by atoms with van der Waals surface area (Å²) in [5.74, 6) is 0. The van der Waals surface area contributed by atoms with E-state index in [-0.39, 0.29) is 0 Å². The maximum atomic E-state index is 7.41. The second-order valence-electron chi connectivity index (χ2n) is 6.75. The van der Waals surface area contributed by atoms with Gasteiger partial charge in [0.1, 0.15) is 0 Å². The molecule has 0 aliphatic carbocycles. The van der Waals surface area contributed by atoms with Crippen molar-refractivity contribution in [2.24, 2.45) is 0 Å². The van der Waals surface area contributed by atoms with Crippen LogP contribution in [0.4, 0.5) is 0 Å². The molecule has 0 aromatic carbocycles. The summed E-state index contributed by atoms with van der Waals surface area (Å²) >= 11 is -5.25. The summed E-state index contributed by atoms with van der Waals surface area (Å²) in [6, 6.07) is 16.4. The number of nitrogens with zero attached hydrogens (tertiary/aromatic N) is 2. The van der Waals surface area contributed by atoms with E-state index in [9.17, 15) is 0 Å². The van der Waals surface area contributed by atoms with E-state index in [0.717, 1.165) is 44.8 Å². The molecule has 0 spiro atoms. The molecule has 6 N–H and O–H groups in total. The Morgan fingerprint density at radius 1 is 0.517 bits per heavy atom. The van der Waals surface area contributed by atoms with E-state index < -0.39 is 16.2 Å². The molecule has 2 aliphatic heterocycles. The fourth-order valence-electron chi connectivity index (χ4n) is 2.94. The topological polar surface area (TPSA) is 138 Å². The van der Waals surface area contributed by atoms with Gasteiger partial charge in [0.05, 0.1) is 22.8 Å². The van der Waals surface area contributed by atoms with Crippen LogP contribution in [0, 0.1) is 0 Å². The predicted molar refractivity (Wildman–Crippen MR) is 108 cm³/mol. The van der Waals surface area contributed by atoms with Crippen molar-refractivity contribution in [2.75, 3.05) is 0 Å². The third-order valence-electron chi connectivity index (χ3n) is 4.04. The van der Waals surface area contributed by atoms with Gasteiger partial charge in [0.25, 0.3) is 0 Å². The minimum absolute atomic E-state index is 0.939. The molecule has 3 aromatic heterocycles. The van der Waals surface area contributed by atoms with Crippen LogP contribution in [-0.4, -0.2) is 35.7 Å². The Morgan fingerprint density at radius 2 is 0.759 bits per heavy atom. The molecule has 0 fully saturated rings. The zero-order valence-corrected chi connectivity index (χ0v) is 18.3. The molecule has 3 aromatic rings. The monoisotopic (exact) mass is 442 g/mol. The van der Waals surface area contributed by atoms with Crippen LogP contribution in [0.25, 0.3) is 46.4 Å². The molecule has 0 unspecified atom stereocenters. The zero-order valence-electron chi connectivity index (χ0n) is 15.3. The fourth-order valence-corrected chi connectivity index (χ4v) is 2.94. The number of rotatable bonds is 0. The first kappa shape index (κ1) is 19.4. The number of hydrogen-bond donors (Lipinski definition) is 6. The summed E-state index contributed by atoms with van der Waals surface area (Å²) in [7, 11) is 0. The van der Waals surface area contributed by atoms with Crippen LogP contribution in [-0.2, 0) is 16.2 Å². The Bertz CT molecular complexity index is 1090. The molecule has 0 amide bonds. The van der Waals surface area contributed by atoms with Crippen molar-refractivity contribution < 1.29 is 31.9 Å². The predicted octanol–water partition coefficient (Wildman–Crippen LogP) is 2.43. The van der Waals surface area contributed by atoms with Gasteiger partial charge in [-0.05, 0) is 72.8 Å². The molecule has 5 heterocycles. The SMILES string of the molecule is C1=Cc2cc3ccc(cc4nc(cc5ccc(cc1n2)[nH]5)C=C4)[nH]3.[OH][Zn]([OH])([OH])[OH]. The second kappa shape index (κ2) is 7.83. The van der Waals surface area contributed by atoms with Gasteiger partial charge in [-0.15, -0.1) is 0 Å². The second-order valence-corrected chi connectivity index (χ2v) is 10.3. The van der Waals surface area contributed by atoms with Crippen molar-refractivity contribution in [3.05, 3.63) is 71.3 Å². The molecule has 0 radical (unpaired) electrons. The first-order valence-electron chi connectivity index (χ1n) is 9.11. The summed E-state index contributed by atoms with van der Waals surface area (Å²) in [5, 5.41) is 0. The first-order chi connectivity index (χ1) is 13.8. The van der Waals surface area contributed by atoms with E-state index >= 15 is 0 Å². The summed E-state index contributed by atoms with van der Waals surface area (Å²) in [6.07, 6.45) is 8.09. The van der Waals surface area contributed by atoms with Gasteiger partial charge >= 0.3 is 31.9 Å². The van der Waals surface area contributed by atoms with Crippen LogP contribution in [0.2, 0.25) is 0 Å².